The lowest BCUT2D eigenvalue weighted by molar-refractivity contribution is 0.0418. The quantitative estimate of drug-likeness (QED) is 0.715. The molecule has 21 heavy (non-hydrogen) atoms. The van der Waals surface area contributed by atoms with E-state index in [1.165, 1.54) is 5.70 Å². The summed E-state index contributed by atoms with van der Waals surface area (Å²) < 4.78 is 5.37. The maximum absolute atomic E-state index is 6.27. The van der Waals surface area contributed by atoms with Gasteiger partial charge in [-0.25, -0.2) is 0 Å². The second-order valence-corrected chi connectivity index (χ2v) is 5.47. The smallest absolute Gasteiger partial charge is 0.0594 e. The third-order valence-electron chi connectivity index (χ3n) is 3.92. The van der Waals surface area contributed by atoms with E-state index in [2.05, 4.69) is 16.3 Å². The molecule has 2 aliphatic rings. The second-order valence-electron chi connectivity index (χ2n) is 5.47. The third-order valence-corrected chi connectivity index (χ3v) is 3.92. The van der Waals surface area contributed by atoms with Crippen molar-refractivity contribution in [2.24, 2.45) is 5.73 Å². The second kappa shape index (κ2) is 6.20. The molecular weight excluding hydrogens is 264 g/mol. The molecule has 0 unspecified atom stereocenters. The van der Waals surface area contributed by atoms with Crippen LogP contribution in [0.4, 0.5) is 5.69 Å². The van der Waals surface area contributed by atoms with E-state index in [0.717, 1.165) is 61.9 Å². The van der Waals surface area contributed by atoms with E-state index in [9.17, 15) is 0 Å². The van der Waals surface area contributed by atoms with Crippen LogP contribution in [0.1, 0.15) is 5.56 Å². The van der Waals surface area contributed by atoms with Gasteiger partial charge in [-0.1, -0.05) is 12.1 Å². The summed E-state index contributed by atoms with van der Waals surface area (Å²) in [7, 11) is 0. The number of nitrogen functional groups attached to an aromatic ring is 1. The van der Waals surface area contributed by atoms with Crippen molar-refractivity contribution in [1.29, 1.82) is 0 Å². The molecule has 1 aromatic carbocycles. The van der Waals surface area contributed by atoms with Gasteiger partial charge in [0.25, 0.3) is 0 Å². The van der Waals surface area contributed by atoms with Crippen LogP contribution in [0.3, 0.4) is 0 Å². The van der Waals surface area contributed by atoms with Gasteiger partial charge in [0.1, 0.15) is 0 Å². The third kappa shape index (κ3) is 3.37. The lowest BCUT2D eigenvalue weighted by Crippen LogP contribution is -2.38. The molecular formula is C16H22N4O. The highest BCUT2D eigenvalue weighted by atomic mass is 16.5. The summed E-state index contributed by atoms with van der Waals surface area (Å²) in [4.78, 5) is 2.39. The topological polar surface area (TPSA) is 76.5 Å². The molecule has 112 valence electrons. The van der Waals surface area contributed by atoms with Gasteiger partial charge in [-0.2, -0.15) is 0 Å². The molecule has 0 aromatic heterocycles. The van der Waals surface area contributed by atoms with E-state index < -0.39 is 0 Å². The predicted octanol–water partition coefficient (Wildman–Crippen LogP) is 0.758. The molecule has 0 saturated carbocycles. The van der Waals surface area contributed by atoms with Gasteiger partial charge in [-0.3, -0.25) is 4.90 Å². The highest BCUT2D eigenvalue weighted by Gasteiger charge is 2.17. The van der Waals surface area contributed by atoms with Crippen molar-refractivity contribution in [1.82, 2.24) is 10.2 Å². The number of rotatable bonds is 3. The Morgan fingerprint density at radius 1 is 1.19 bits per heavy atom. The van der Waals surface area contributed by atoms with Crippen molar-refractivity contribution < 1.29 is 4.74 Å². The monoisotopic (exact) mass is 286 g/mol. The van der Waals surface area contributed by atoms with Crippen LogP contribution in [-0.2, 0) is 4.74 Å². The van der Waals surface area contributed by atoms with Gasteiger partial charge in [0, 0.05) is 43.3 Å². The zero-order valence-electron chi connectivity index (χ0n) is 12.1. The summed E-state index contributed by atoms with van der Waals surface area (Å²) in [5, 5.41) is 3.43. The minimum Gasteiger partial charge on any atom is -0.399 e. The highest BCUT2D eigenvalue weighted by molar-refractivity contribution is 5.70. The Bertz CT molecular complexity index is 556. The normalized spacial score (nSPS) is 21.8. The van der Waals surface area contributed by atoms with Crippen LogP contribution in [0.15, 0.2) is 41.6 Å². The number of nitrogens with two attached hydrogens (primary N) is 2. The molecule has 1 fully saturated rings. The molecule has 5 heteroatoms. The first-order valence-electron chi connectivity index (χ1n) is 7.31. The molecule has 0 amide bonds. The zero-order chi connectivity index (χ0) is 14.7. The molecule has 2 heterocycles. The van der Waals surface area contributed by atoms with Crippen molar-refractivity contribution in [3.63, 3.8) is 0 Å². The lowest BCUT2D eigenvalue weighted by Gasteiger charge is -2.26. The fourth-order valence-electron chi connectivity index (χ4n) is 2.64. The fourth-order valence-corrected chi connectivity index (χ4v) is 2.64. The Labute approximate surface area is 125 Å². The number of ether oxygens (including phenoxy) is 1. The maximum atomic E-state index is 6.27. The van der Waals surface area contributed by atoms with E-state index in [0.29, 0.717) is 0 Å². The van der Waals surface area contributed by atoms with E-state index in [1.54, 1.807) is 0 Å². The number of benzene rings is 1. The minimum absolute atomic E-state index is 0.754. The van der Waals surface area contributed by atoms with Gasteiger partial charge in [0.2, 0.25) is 0 Å². The molecule has 5 N–H and O–H groups in total. The van der Waals surface area contributed by atoms with Gasteiger partial charge in [0.05, 0.1) is 13.2 Å². The molecule has 1 saturated heterocycles. The summed E-state index contributed by atoms with van der Waals surface area (Å²) in [6.45, 7) is 5.35. The molecule has 1 aromatic rings. The Morgan fingerprint density at radius 2 is 1.90 bits per heavy atom. The number of hydrogen-bond acceptors (Lipinski definition) is 5. The molecule has 0 spiro atoms. The van der Waals surface area contributed by atoms with Crippen LogP contribution in [0, 0.1) is 0 Å². The van der Waals surface area contributed by atoms with Crippen LogP contribution in [-0.4, -0.2) is 44.3 Å². The van der Waals surface area contributed by atoms with Gasteiger partial charge in [0.15, 0.2) is 0 Å². The van der Waals surface area contributed by atoms with Gasteiger partial charge >= 0.3 is 0 Å². The van der Waals surface area contributed by atoms with E-state index in [-0.39, 0.29) is 0 Å². The van der Waals surface area contributed by atoms with Gasteiger partial charge in [-0.05, 0) is 29.3 Å². The van der Waals surface area contributed by atoms with Crippen molar-refractivity contribution >= 4 is 11.4 Å². The number of nitrogens with one attached hydrogen (secondary N) is 1. The summed E-state index contributed by atoms with van der Waals surface area (Å²) in [6, 6.07) is 7.68. The average Bonchev–Trinajstić information content (AvgIpc) is 2.97. The first-order chi connectivity index (χ1) is 10.2. The van der Waals surface area contributed by atoms with Gasteiger partial charge < -0.3 is 21.5 Å². The van der Waals surface area contributed by atoms with Crippen LogP contribution in [0.25, 0.3) is 5.70 Å². The highest BCUT2D eigenvalue weighted by Crippen LogP contribution is 2.20. The Kier molecular flexibility index (Phi) is 4.13. The molecule has 0 aliphatic carbocycles. The number of nitrogens with zero attached hydrogens (tertiary/aromatic N) is 1. The molecule has 2 aliphatic heterocycles. The van der Waals surface area contributed by atoms with Gasteiger partial charge in [-0.15, -0.1) is 0 Å². The summed E-state index contributed by atoms with van der Waals surface area (Å²) in [5.41, 5.74) is 16.9. The summed E-state index contributed by atoms with van der Waals surface area (Å²) in [6.07, 6.45) is 2.17. The molecule has 0 bridgehead atoms. The molecule has 3 rings (SSSR count). The largest absolute Gasteiger partial charge is 0.399 e. The van der Waals surface area contributed by atoms with Crippen LogP contribution >= 0.6 is 0 Å². The molecule has 0 atom stereocenters. The summed E-state index contributed by atoms with van der Waals surface area (Å²) >= 11 is 0. The predicted molar refractivity (Wildman–Crippen MR) is 85.3 cm³/mol. The maximum Gasteiger partial charge on any atom is 0.0594 e. The lowest BCUT2D eigenvalue weighted by atomic mass is 10.1. The van der Waals surface area contributed by atoms with E-state index in [1.807, 2.05) is 24.3 Å². The van der Waals surface area contributed by atoms with Crippen LogP contribution < -0.4 is 16.8 Å². The van der Waals surface area contributed by atoms with Crippen LogP contribution in [0.5, 0.6) is 0 Å². The Morgan fingerprint density at radius 3 is 2.62 bits per heavy atom. The average molecular weight is 286 g/mol. The van der Waals surface area contributed by atoms with Crippen molar-refractivity contribution in [2.45, 2.75) is 0 Å². The minimum atomic E-state index is 0.754. The Balaban J connectivity index is 1.71. The standard InChI is InChI=1S/C16H22N4O/c17-14-3-1-12(2-4-14)16(18)13-9-15(19-10-13)11-20-5-7-21-8-6-20/h1-4,9,19H,5-8,10-11,17-18H2/b16-13-. The Hall–Kier alpha value is -1.98. The van der Waals surface area contributed by atoms with Crippen molar-refractivity contribution in [3.05, 3.63) is 47.2 Å². The molecule has 5 nitrogen and oxygen atoms in total. The molecule has 0 radical (unpaired) electrons. The first kappa shape index (κ1) is 14.0. The SMILES string of the molecule is N/C(=C1/C=C(CN2CCOCC2)NC1)c1ccc(N)cc1. The number of hydrogen-bond donors (Lipinski definition) is 3. The van der Waals surface area contributed by atoms with Crippen molar-refractivity contribution in [2.75, 3.05) is 45.1 Å². The fraction of sp³-hybridized carbons (Fsp3) is 0.375. The first-order valence-corrected chi connectivity index (χ1v) is 7.31. The van der Waals surface area contributed by atoms with Crippen molar-refractivity contribution in [3.8, 4) is 0 Å². The van der Waals surface area contributed by atoms with E-state index >= 15 is 0 Å². The van der Waals surface area contributed by atoms with Crippen LogP contribution in [0.2, 0.25) is 0 Å². The zero-order valence-corrected chi connectivity index (χ0v) is 12.1. The number of morpholine rings is 1. The number of anilines is 1. The van der Waals surface area contributed by atoms with E-state index in [4.69, 9.17) is 16.2 Å². The summed E-state index contributed by atoms with van der Waals surface area (Å²) in [5.74, 6) is 0.